The summed E-state index contributed by atoms with van der Waals surface area (Å²) >= 11 is 0. The van der Waals surface area contributed by atoms with E-state index in [4.69, 9.17) is 13.8 Å². The van der Waals surface area contributed by atoms with Gasteiger partial charge in [-0.3, -0.25) is 18.6 Å². The Kier molecular flexibility index (Phi) is 32.5. The van der Waals surface area contributed by atoms with E-state index < -0.39 is 26.5 Å². The molecule has 1 amide bonds. The summed E-state index contributed by atoms with van der Waals surface area (Å²) < 4.78 is 26.5. The van der Waals surface area contributed by atoms with Crippen LogP contribution in [0.3, 0.4) is 0 Å². The molecule has 0 heterocycles. The average molecular weight is 694 g/mol. The minimum absolute atomic E-state index is 0.0631. The Morgan fingerprint density at radius 3 is 1.77 bits per heavy atom. The number of hydrogen-bond acceptors (Lipinski definition) is 7. The Hall–Kier alpha value is -2.55. The first-order chi connectivity index (χ1) is 23.3. The highest BCUT2D eigenvalue weighted by molar-refractivity contribution is 7.47. The van der Waals surface area contributed by atoms with Gasteiger partial charge >= 0.3 is 13.8 Å². The number of nitrogens with one attached hydrogen (secondary N) is 1. The molecule has 0 aromatic carbocycles. The van der Waals surface area contributed by atoms with E-state index in [2.05, 4.69) is 92.1 Å². The summed E-state index contributed by atoms with van der Waals surface area (Å²) in [7, 11) is -4.41. The zero-order valence-electron chi connectivity index (χ0n) is 29.6. The van der Waals surface area contributed by atoms with E-state index in [0.29, 0.717) is 6.42 Å². The van der Waals surface area contributed by atoms with Crippen molar-refractivity contribution in [3.05, 3.63) is 72.9 Å². The summed E-state index contributed by atoms with van der Waals surface area (Å²) in [4.78, 5) is 33.4. The van der Waals surface area contributed by atoms with Crippen LogP contribution in [0.2, 0.25) is 0 Å². The van der Waals surface area contributed by atoms with Crippen molar-refractivity contribution in [3.63, 3.8) is 0 Å². The number of rotatable bonds is 32. The van der Waals surface area contributed by atoms with Gasteiger partial charge in [-0.2, -0.15) is 0 Å². The standard InChI is InChI=1S/C38H64NO8P/c1-3-5-7-9-10-11-12-13-14-15-16-17-18-19-20-21-22-23-24-25-26-27-28-30-37(41)39-32-33-46-48(43,44)47-35-36(40)34-45-38(42)31-29-8-6-4-2/h5,7,10-11,13-14,16-17,19-20,22-23,36,40H,3-4,6,8-9,12,15,18,21,24-35H2,1-2H3,(H,39,41)(H,43,44)/b7-5-,11-10-,14-13-,17-16-,20-19-,23-22-. The van der Waals surface area contributed by atoms with Crippen LogP contribution in [0.15, 0.2) is 72.9 Å². The highest BCUT2D eigenvalue weighted by Gasteiger charge is 2.23. The Bertz CT molecular complexity index is 1020. The third-order valence-electron chi connectivity index (χ3n) is 6.90. The monoisotopic (exact) mass is 693 g/mol. The number of phosphoric acid groups is 1. The molecule has 0 aliphatic rings. The second-order valence-electron chi connectivity index (χ2n) is 11.5. The molecule has 0 radical (unpaired) electrons. The first-order valence-corrected chi connectivity index (χ1v) is 19.4. The van der Waals surface area contributed by atoms with Crippen molar-refractivity contribution in [2.75, 3.05) is 26.4 Å². The lowest BCUT2D eigenvalue weighted by Crippen LogP contribution is -2.27. The highest BCUT2D eigenvalue weighted by Crippen LogP contribution is 2.42. The first kappa shape index (κ1) is 45.5. The zero-order chi connectivity index (χ0) is 35.4. The summed E-state index contributed by atoms with van der Waals surface area (Å²) in [6.07, 6.45) is 40.4. The fourth-order valence-electron chi connectivity index (χ4n) is 4.20. The van der Waals surface area contributed by atoms with Crippen LogP contribution in [-0.2, 0) is 27.9 Å². The van der Waals surface area contributed by atoms with Crippen LogP contribution in [-0.4, -0.2) is 54.3 Å². The highest BCUT2D eigenvalue weighted by atomic mass is 31.2. The number of phosphoric ester groups is 1. The number of aliphatic hydroxyl groups excluding tert-OH is 1. The molecule has 9 nitrogen and oxygen atoms in total. The summed E-state index contributed by atoms with van der Waals surface area (Å²) in [5.41, 5.74) is 0. The molecule has 274 valence electrons. The molecule has 0 rings (SSSR count). The van der Waals surface area contributed by atoms with Gasteiger partial charge < -0.3 is 20.1 Å². The summed E-state index contributed by atoms with van der Waals surface area (Å²) in [5, 5.41) is 12.5. The van der Waals surface area contributed by atoms with Crippen LogP contribution in [0.4, 0.5) is 0 Å². The topological polar surface area (TPSA) is 131 Å². The normalized spacial score (nSPS) is 14.3. The second kappa shape index (κ2) is 34.3. The third kappa shape index (κ3) is 34.8. The van der Waals surface area contributed by atoms with Gasteiger partial charge in [0.2, 0.25) is 5.91 Å². The fraction of sp³-hybridized carbons (Fsp3) is 0.632. The number of esters is 1. The lowest BCUT2D eigenvalue weighted by atomic mass is 10.1. The molecule has 0 bridgehead atoms. The molecule has 0 aliphatic carbocycles. The van der Waals surface area contributed by atoms with Crippen LogP contribution in [0.1, 0.15) is 123 Å². The molecule has 0 aliphatic heterocycles. The average Bonchev–Trinajstić information content (AvgIpc) is 3.07. The Balaban J connectivity index is 3.68. The minimum Gasteiger partial charge on any atom is -0.463 e. The molecule has 0 fully saturated rings. The number of ether oxygens (including phenoxy) is 1. The number of aliphatic hydroxyl groups is 1. The number of hydrogen-bond donors (Lipinski definition) is 3. The fourth-order valence-corrected chi connectivity index (χ4v) is 4.96. The molecule has 3 N–H and O–H groups in total. The molecular formula is C38H64NO8P. The quantitative estimate of drug-likeness (QED) is 0.0275. The molecule has 0 aromatic heterocycles. The van der Waals surface area contributed by atoms with Gasteiger partial charge in [0.05, 0.1) is 13.2 Å². The molecule has 2 atom stereocenters. The van der Waals surface area contributed by atoms with E-state index in [1.54, 1.807) is 0 Å². The maximum atomic E-state index is 12.0. The third-order valence-corrected chi connectivity index (χ3v) is 7.89. The molecule has 0 saturated carbocycles. The molecule has 2 unspecified atom stereocenters. The molecule has 0 saturated heterocycles. The lowest BCUT2D eigenvalue weighted by Gasteiger charge is -2.15. The van der Waals surface area contributed by atoms with Gasteiger partial charge in [0.1, 0.15) is 12.7 Å². The van der Waals surface area contributed by atoms with Crippen molar-refractivity contribution in [2.24, 2.45) is 0 Å². The Morgan fingerprint density at radius 1 is 0.667 bits per heavy atom. The number of amides is 1. The number of carbonyl (C=O) groups excluding carboxylic acids is 2. The largest absolute Gasteiger partial charge is 0.472 e. The lowest BCUT2D eigenvalue weighted by molar-refractivity contribution is -0.147. The SMILES string of the molecule is CC/C=C\C/C=C\C/C=C\C/C=C\C/C=C\C/C=C\CCCCCCC(=O)NCCOP(=O)(O)OCC(O)COC(=O)CCCCCC. The molecule has 0 spiro atoms. The summed E-state index contributed by atoms with van der Waals surface area (Å²) in [6.45, 7) is 3.22. The number of unbranched alkanes of at least 4 members (excludes halogenated alkanes) is 7. The van der Waals surface area contributed by atoms with E-state index in [9.17, 15) is 24.2 Å². The molecule has 48 heavy (non-hydrogen) atoms. The zero-order valence-corrected chi connectivity index (χ0v) is 30.5. The van der Waals surface area contributed by atoms with Crippen molar-refractivity contribution >= 4 is 19.7 Å². The van der Waals surface area contributed by atoms with E-state index in [1.807, 2.05) is 0 Å². The van der Waals surface area contributed by atoms with Crippen molar-refractivity contribution in [1.29, 1.82) is 0 Å². The molecular weight excluding hydrogens is 629 g/mol. The van der Waals surface area contributed by atoms with Gasteiger partial charge in [0.15, 0.2) is 0 Å². The minimum atomic E-state index is -4.41. The number of allylic oxidation sites excluding steroid dienone is 12. The second-order valence-corrected chi connectivity index (χ2v) is 12.9. The van der Waals surface area contributed by atoms with Crippen molar-refractivity contribution in [2.45, 2.75) is 129 Å². The van der Waals surface area contributed by atoms with E-state index in [0.717, 1.165) is 96.3 Å². The Morgan fingerprint density at radius 2 is 1.19 bits per heavy atom. The van der Waals surface area contributed by atoms with Gasteiger partial charge in [-0.15, -0.1) is 0 Å². The van der Waals surface area contributed by atoms with Gasteiger partial charge in [-0.1, -0.05) is 119 Å². The van der Waals surface area contributed by atoms with Crippen molar-refractivity contribution < 1.29 is 37.9 Å². The van der Waals surface area contributed by atoms with Crippen LogP contribution in [0.5, 0.6) is 0 Å². The van der Waals surface area contributed by atoms with Crippen LogP contribution in [0.25, 0.3) is 0 Å². The smallest absolute Gasteiger partial charge is 0.463 e. The van der Waals surface area contributed by atoms with Crippen molar-refractivity contribution in [1.82, 2.24) is 5.32 Å². The first-order valence-electron chi connectivity index (χ1n) is 17.9. The van der Waals surface area contributed by atoms with Gasteiger partial charge in [0.25, 0.3) is 0 Å². The maximum absolute atomic E-state index is 12.0. The Labute approximate surface area is 290 Å². The predicted octanol–water partition coefficient (Wildman–Crippen LogP) is 9.15. The van der Waals surface area contributed by atoms with Crippen molar-refractivity contribution in [3.8, 4) is 0 Å². The van der Waals surface area contributed by atoms with Crippen LogP contribution >= 0.6 is 7.82 Å². The molecule has 10 heteroatoms. The van der Waals surface area contributed by atoms with Crippen LogP contribution < -0.4 is 5.32 Å². The summed E-state index contributed by atoms with van der Waals surface area (Å²) in [5.74, 6) is -0.568. The van der Waals surface area contributed by atoms with Crippen LogP contribution in [0, 0.1) is 0 Å². The molecule has 0 aromatic rings. The van der Waals surface area contributed by atoms with E-state index >= 15 is 0 Å². The predicted molar refractivity (Wildman–Crippen MR) is 196 cm³/mol. The van der Waals surface area contributed by atoms with E-state index in [-0.39, 0.29) is 32.1 Å². The maximum Gasteiger partial charge on any atom is 0.472 e. The number of carbonyl (C=O) groups is 2. The summed E-state index contributed by atoms with van der Waals surface area (Å²) in [6, 6.07) is 0. The van der Waals surface area contributed by atoms with Gasteiger partial charge in [0, 0.05) is 19.4 Å². The van der Waals surface area contributed by atoms with E-state index in [1.165, 1.54) is 0 Å². The van der Waals surface area contributed by atoms with Gasteiger partial charge in [-0.25, -0.2) is 4.57 Å². The van der Waals surface area contributed by atoms with Gasteiger partial charge in [-0.05, 0) is 64.2 Å².